The average Bonchev–Trinajstić information content (AvgIpc) is 3.46. The van der Waals surface area contributed by atoms with Crippen molar-refractivity contribution in [2.24, 2.45) is 18.9 Å². The summed E-state index contributed by atoms with van der Waals surface area (Å²) < 4.78 is 74.8. The Hall–Kier alpha value is -3.54. The zero-order valence-corrected chi connectivity index (χ0v) is 23.0. The number of hydrogen-bond acceptors (Lipinski definition) is 4. The predicted molar refractivity (Wildman–Crippen MR) is 142 cm³/mol. The van der Waals surface area contributed by atoms with Gasteiger partial charge in [0.15, 0.2) is 0 Å². The Kier molecular flexibility index (Phi) is 6.40. The fourth-order valence-electron chi connectivity index (χ4n) is 6.66. The highest BCUT2D eigenvalue weighted by Crippen LogP contribution is 2.51. The number of benzene rings is 1. The van der Waals surface area contributed by atoms with Crippen molar-refractivity contribution in [1.29, 1.82) is 0 Å². The SMILES string of the molecule is C[C@@H]1CN(Cc2cc(C(F)(F)F)c3cn(-c4cccc([C@]5(c6nncn6C)C[C@H](C)C5)c4)c(=O)n3c2)CCC1(F)F. The van der Waals surface area contributed by atoms with Crippen LogP contribution in [0, 0.1) is 11.8 Å². The van der Waals surface area contributed by atoms with Gasteiger partial charge in [-0.15, -0.1) is 10.2 Å². The number of alkyl halides is 5. The molecule has 2 fully saturated rings. The molecule has 0 amide bonds. The lowest BCUT2D eigenvalue weighted by Crippen LogP contribution is -2.45. The third kappa shape index (κ3) is 4.65. The highest BCUT2D eigenvalue weighted by Gasteiger charge is 2.48. The van der Waals surface area contributed by atoms with Crippen LogP contribution in [0.3, 0.4) is 0 Å². The largest absolute Gasteiger partial charge is 0.418 e. The van der Waals surface area contributed by atoms with Crippen LogP contribution in [0.25, 0.3) is 11.2 Å². The highest BCUT2D eigenvalue weighted by atomic mass is 19.4. The first-order valence-electron chi connectivity index (χ1n) is 13.7. The molecule has 1 atom stereocenters. The molecule has 12 heteroatoms. The van der Waals surface area contributed by atoms with Gasteiger partial charge in [-0.1, -0.05) is 26.0 Å². The molecule has 0 bridgehead atoms. The van der Waals surface area contributed by atoms with Gasteiger partial charge in [0.1, 0.15) is 12.2 Å². The van der Waals surface area contributed by atoms with Crippen LogP contribution in [0.2, 0.25) is 0 Å². The molecule has 41 heavy (non-hydrogen) atoms. The van der Waals surface area contributed by atoms with E-state index >= 15 is 0 Å². The molecule has 218 valence electrons. The zero-order chi connectivity index (χ0) is 29.3. The minimum absolute atomic E-state index is 0.0327. The first-order chi connectivity index (χ1) is 19.3. The fraction of sp³-hybridized carbons (Fsp3) is 0.483. The van der Waals surface area contributed by atoms with E-state index in [9.17, 15) is 26.7 Å². The first kappa shape index (κ1) is 27.6. The Labute approximate surface area is 233 Å². The monoisotopic (exact) mass is 574 g/mol. The molecular weight excluding hydrogens is 543 g/mol. The topological polar surface area (TPSA) is 60.4 Å². The lowest BCUT2D eigenvalue weighted by atomic mass is 9.58. The number of nitrogens with zero attached hydrogens (tertiary/aromatic N) is 6. The predicted octanol–water partition coefficient (Wildman–Crippen LogP) is 5.43. The molecule has 1 saturated carbocycles. The average molecular weight is 575 g/mol. The standard InChI is InChI=1S/C29H31F5N6O/c1-18-11-27(12-18,25-36-35-17-37(25)3)21-5-4-6-22(10-21)39-16-24-23(29(32,33)34)9-20(15-40(24)26(39)41)14-38-8-7-28(30,31)19(2)13-38/h4-6,9-10,15-19H,7-8,11-14H2,1-3H3/t18-,19-,27-/m1/s1. The molecule has 1 aliphatic heterocycles. The molecule has 0 radical (unpaired) electrons. The van der Waals surface area contributed by atoms with Crippen LogP contribution < -0.4 is 5.69 Å². The van der Waals surface area contributed by atoms with Crippen molar-refractivity contribution < 1.29 is 22.0 Å². The number of piperidine rings is 1. The van der Waals surface area contributed by atoms with Crippen molar-refractivity contribution in [3.8, 4) is 5.69 Å². The summed E-state index contributed by atoms with van der Waals surface area (Å²) in [7, 11) is 1.88. The van der Waals surface area contributed by atoms with Crippen molar-refractivity contribution in [3.63, 3.8) is 0 Å². The Morgan fingerprint density at radius 1 is 1.10 bits per heavy atom. The summed E-state index contributed by atoms with van der Waals surface area (Å²) in [5.74, 6) is -2.46. The third-order valence-electron chi connectivity index (χ3n) is 8.76. The van der Waals surface area contributed by atoms with Gasteiger partial charge >= 0.3 is 11.9 Å². The normalized spacial score (nSPS) is 25.0. The second kappa shape index (κ2) is 9.50. The molecule has 1 aliphatic carbocycles. The molecule has 0 unspecified atom stereocenters. The smallest absolute Gasteiger partial charge is 0.320 e. The number of rotatable bonds is 5. The molecule has 1 aromatic carbocycles. The second-order valence-electron chi connectivity index (χ2n) is 11.9. The number of hydrogen-bond donors (Lipinski definition) is 0. The Morgan fingerprint density at radius 3 is 2.49 bits per heavy atom. The van der Waals surface area contributed by atoms with Crippen molar-refractivity contribution in [1.82, 2.24) is 28.6 Å². The van der Waals surface area contributed by atoms with Gasteiger partial charge in [0.2, 0.25) is 0 Å². The van der Waals surface area contributed by atoms with E-state index in [2.05, 4.69) is 17.1 Å². The maximum atomic E-state index is 14.2. The summed E-state index contributed by atoms with van der Waals surface area (Å²) in [6.45, 7) is 3.74. The van der Waals surface area contributed by atoms with Crippen LogP contribution in [-0.2, 0) is 25.2 Å². The van der Waals surface area contributed by atoms with Crippen LogP contribution in [0.5, 0.6) is 0 Å². The van der Waals surface area contributed by atoms with E-state index in [1.165, 1.54) is 23.9 Å². The summed E-state index contributed by atoms with van der Waals surface area (Å²) in [4.78, 5) is 15.3. The zero-order valence-electron chi connectivity index (χ0n) is 23.0. The Morgan fingerprint density at radius 2 is 1.85 bits per heavy atom. The van der Waals surface area contributed by atoms with Crippen molar-refractivity contribution in [2.75, 3.05) is 13.1 Å². The second-order valence-corrected chi connectivity index (χ2v) is 11.9. The third-order valence-corrected chi connectivity index (χ3v) is 8.76. The van der Waals surface area contributed by atoms with E-state index in [0.29, 0.717) is 11.6 Å². The van der Waals surface area contributed by atoms with Crippen molar-refractivity contribution in [3.05, 3.63) is 82.1 Å². The van der Waals surface area contributed by atoms with Gasteiger partial charge in [0, 0.05) is 51.4 Å². The van der Waals surface area contributed by atoms with Crippen LogP contribution in [-0.4, -0.2) is 47.6 Å². The molecule has 7 nitrogen and oxygen atoms in total. The fourth-order valence-corrected chi connectivity index (χ4v) is 6.66. The van der Waals surface area contributed by atoms with Gasteiger partial charge in [0.25, 0.3) is 5.92 Å². The molecule has 4 aromatic rings. The molecule has 0 N–H and O–H groups in total. The van der Waals surface area contributed by atoms with Gasteiger partial charge in [-0.2, -0.15) is 13.2 Å². The molecule has 0 spiro atoms. The van der Waals surface area contributed by atoms with Crippen LogP contribution in [0.4, 0.5) is 22.0 Å². The van der Waals surface area contributed by atoms with Gasteiger partial charge in [-0.3, -0.25) is 13.9 Å². The maximum Gasteiger partial charge on any atom is 0.418 e. The van der Waals surface area contributed by atoms with E-state index in [0.717, 1.165) is 34.7 Å². The number of aromatic nitrogens is 5. The molecular formula is C29H31F5N6O. The summed E-state index contributed by atoms with van der Waals surface area (Å²) in [5.41, 5.74) is -0.663. The van der Waals surface area contributed by atoms with Gasteiger partial charge in [-0.05, 0) is 48.1 Å². The van der Waals surface area contributed by atoms with E-state index in [-0.39, 0.29) is 37.1 Å². The van der Waals surface area contributed by atoms with Crippen LogP contribution in [0.15, 0.2) is 53.8 Å². The highest BCUT2D eigenvalue weighted by molar-refractivity contribution is 5.58. The minimum Gasteiger partial charge on any atom is -0.320 e. The Bertz CT molecular complexity index is 1660. The summed E-state index contributed by atoms with van der Waals surface area (Å²) in [6.07, 6.45) is 0.832. The Balaban J connectivity index is 1.41. The maximum absolute atomic E-state index is 14.2. The number of aryl methyl sites for hydroxylation is 1. The number of halogens is 5. The lowest BCUT2D eigenvalue weighted by Gasteiger charge is -2.46. The first-order valence-corrected chi connectivity index (χ1v) is 13.7. The lowest BCUT2D eigenvalue weighted by molar-refractivity contribution is -0.136. The number of likely N-dealkylation sites (tertiary alicyclic amines) is 1. The van der Waals surface area contributed by atoms with Gasteiger partial charge in [0.05, 0.1) is 22.2 Å². The summed E-state index contributed by atoms with van der Waals surface area (Å²) in [6, 6.07) is 8.30. The van der Waals surface area contributed by atoms with E-state index in [1.54, 1.807) is 23.4 Å². The molecule has 6 rings (SSSR count). The number of imidazole rings is 1. The van der Waals surface area contributed by atoms with E-state index < -0.39 is 34.7 Å². The number of pyridine rings is 1. The van der Waals surface area contributed by atoms with E-state index in [4.69, 9.17) is 0 Å². The molecule has 3 aromatic heterocycles. The van der Waals surface area contributed by atoms with Gasteiger partial charge in [-0.25, -0.2) is 13.6 Å². The number of fused-ring (bicyclic) bond motifs is 1. The molecule has 2 aliphatic rings. The molecule has 1 saturated heterocycles. The van der Waals surface area contributed by atoms with Crippen LogP contribution >= 0.6 is 0 Å². The van der Waals surface area contributed by atoms with Gasteiger partial charge < -0.3 is 4.57 Å². The van der Waals surface area contributed by atoms with Crippen molar-refractivity contribution >= 4 is 5.52 Å². The quantitative estimate of drug-likeness (QED) is 0.299. The molecule has 4 heterocycles. The van der Waals surface area contributed by atoms with E-state index in [1.807, 2.05) is 23.7 Å². The summed E-state index contributed by atoms with van der Waals surface area (Å²) >= 11 is 0. The van der Waals surface area contributed by atoms with Crippen LogP contribution in [0.1, 0.15) is 55.6 Å². The van der Waals surface area contributed by atoms with Crippen molar-refractivity contribution in [2.45, 2.75) is 57.2 Å². The summed E-state index contributed by atoms with van der Waals surface area (Å²) in [5, 5.41) is 8.40. The minimum atomic E-state index is -4.72.